The molecule has 0 saturated heterocycles. The van der Waals surface area contributed by atoms with Gasteiger partial charge >= 0.3 is 5.97 Å². The van der Waals surface area contributed by atoms with Gasteiger partial charge in [0.25, 0.3) is 5.91 Å². The minimum absolute atomic E-state index is 0.131. The first kappa shape index (κ1) is 14.3. The first-order valence-corrected chi connectivity index (χ1v) is 6.98. The number of carboxylic acid groups (broad SMARTS) is 1. The van der Waals surface area contributed by atoms with E-state index in [4.69, 9.17) is 9.52 Å². The molecule has 106 valence electrons. The molecule has 0 aliphatic heterocycles. The monoisotopic (exact) mass is 293 g/mol. The van der Waals surface area contributed by atoms with Crippen LogP contribution >= 0.6 is 11.3 Å². The highest BCUT2D eigenvalue weighted by molar-refractivity contribution is 7.13. The number of aromatic carboxylic acids is 1. The zero-order valence-electron chi connectivity index (χ0n) is 11.2. The van der Waals surface area contributed by atoms with E-state index in [0.29, 0.717) is 17.9 Å². The maximum absolute atomic E-state index is 12.1. The van der Waals surface area contributed by atoms with Crippen molar-refractivity contribution < 1.29 is 19.1 Å². The lowest BCUT2D eigenvalue weighted by Crippen LogP contribution is -2.23. The Morgan fingerprint density at radius 1 is 1.35 bits per heavy atom. The number of carbonyl (C=O) groups excluding carboxylic acids is 1. The molecule has 0 bridgehead atoms. The smallest absolute Gasteiger partial charge is 0.345 e. The number of hydrogen-bond acceptors (Lipinski definition) is 4. The van der Waals surface area contributed by atoms with Crippen molar-refractivity contribution >= 4 is 23.2 Å². The van der Waals surface area contributed by atoms with Crippen molar-refractivity contribution in [1.82, 2.24) is 5.32 Å². The van der Waals surface area contributed by atoms with Crippen LogP contribution in [0.2, 0.25) is 0 Å². The molecule has 0 unspecified atom stereocenters. The molecule has 0 fully saturated rings. The standard InChI is InChI=1S/C14H15NO4S/c1-8(2)12-10(5-6-19-12)13(16)15-7-9-3-4-11(20-9)14(17)18/h3-6,8H,7H2,1-2H3,(H,15,16)(H,17,18). The number of furan rings is 1. The van der Waals surface area contributed by atoms with Crippen LogP contribution < -0.4 is 5.32 Å². The van der Waals surface area contributed by atoms with Crippen molar-refractivity contribution in [2.75, 3.05) is 0 Å². The highest BCUT2D eigenvalue weighted by atomic mass is 32.1. The van der Waals surface area contributed by atoms with E-state index in [9.17, 15) is 9.59 Å². The second-order valence-corrected chi connectivity index (χ2v) is 5.78. The predicted octanol–water partition coefficient (Wildman–Crippen LogP) is 3.09. The molecule has 1 amide bonds. The number of nitrogens with one attached hydrogen (secondary N) is 1. The Kier molecular flexibility index (Phi) is 4.24. The average Bonchev–Trinajstić information content (AvgIpc) is 3.04. The Bertz CT molecular complexity index is 627. The number of rotatable bonds is 5. The highest BCUT2D eigenvalue weighted by Crippen LogP contribution is 2.21. The summed E-state index contributed by atoms with van der Waals surface area (Å²) in [6, 6.07) is 4.88. The Balaban J connectivity index is 2.01. The largest absolute Gasteiger partial charge is 0.477 e. The summed E-state index contributed by atoms with van der Waals surface area (Å²) in [5, 5.41) is 11.6. The van der Waals surface area contributed by atoms with Gasteiger partial charge in [-0.2, -0.15) is 0 Å². The van der Waals surface area contributed by atoms with Crippen molar-refractivity contribution in [1.29, 1.82) is 0 Å². The first-order chi connectivity index (χ1) is 9.49. The topological polar surface area (TPSA) is 79.5 Å². The summed E-state index contributed by atoms with van der Waals surface area (Å²) in [5.41, 5.74) is 0.523. The molecule has 5 nitrogen and oxygen atoms in total. The fourth-order valence-electron chi connectivity index (χ4n) is 1.81. The van der Waals surface area contributed by atoms with Crippen LogP contribution in [0.5, 0.6) is 0 Å². The van der Waals surface area contributed by atoms with Crippen molar-refractivity contribution in [3.05, 3.63) is 45.5 Å². The maximum atomic E-state index is 12.1. The van der Waals surface area contributed by atoms with Gasteiger partial charge in [0.15, 0.2) is 0 Å². The molecule has 0 aliphatic carbocycles. The Hall–Kier alpha value is -2.08. The zero-order valence-corrected chi connectivity index (χ0v) is 12.0. The normalized spacial score (nSPS) is 10.8. The molecular weight excluding hydrogens is 278 g/mol. The zero-order chi connectivity index (χ0) is 14.7. The van der Waals surface area contributed by atoms with E-state index >= 15 is 0 Å². The van der Waals surface area contributed by atoms with Gasteiger partial charge in [-0.05, 0) is 18.2 Å². The number of hydrogen-bond donors (Lipinski definition) is 2. The molecule has 2 aromatic heterocycles. The minimum Gasteiger partial charge on any atom is -0.477 e. The van der Waals surface area contributed by atoms with E-state index in [1.165, 1.54) is 12.3 Å². The van der Waals surface area contributed by atoms with Gasteiger partial charge < -0.3 is 14.8 Å². The summed E-state index contributed by atoms with van der Waals surface area (Å²) in [7, 11) is 0. The molecule has 0 atom stereocenters. The molecule has 6 heteroatoms. The SMILES string of the molecule is CC(C)c1occc1C(=O)NCc1ccc(C(=O)O)s1. The van der Waals surface area contributed by atoms with Gasteiger partial charge in [-0.25, -0.2) is 4.79 Å². The van der Waals surface area contributed by atoms with Crippen LogP contribution in [-0.2, 0) is 6.54 Å². The van der Waals surface area contributed by atoms with E-state index in [-0.39, 0.29) is 16.7 Å². The van der Waals surface area contributed by atoms with Crippen LogP contribution in [0.3, 0.4) is 0 Å². The van der Waals surface area contributed by atoms with Crippen LogP contribution in [0.25, 0.3) is 0 Å². The average molecular weight is 293 g/mol. The maximum Gasteiger partial charge on any atom is 0.345 e. The number of carbonyl (C=O) groups is 2. The molecule has 0 aromatic carbocycles. The van der Waals surface area contributed by atoms with Gasteiger partial charge in [-0.3, -0.25) is 4.79 Å². The van der Waals surface area contributed by atoms with Gasteiger partial charge in [0, 0.05) is 10.8 Å². The summed E-state index contributed by atoms with van der Waals surface area (Å²) in [4.78, 5) is 23.9. The van der Waals surface area contributed by atoms with Crippen molar-refractivity contribution in [2.45, 2.75) is 26.3 Å². The van der Waals surface area contributed by atoms with E-state index in [2.05, 4.69) is 5.32 Å². The van der Waals surface area contributed by atoms with Gasteiger partial charge in [0.2, 0.25) is 0 Å². The predicted molar refractivity (Wildman–Crippen MR) is 75.2 cm³/mol. The lowest BCUT2D eigenvalue weighted by molar-refractivity contribution is 0.0702. The van der Waals surface area contributed by atoms with Crippen LogP contribution in [0.15, 0.2) is 28.9 Å². The van der Waals surface area contributed by atoms with Gasteiger partial charge in [-0.15, -0.1) is 11.3 Å². The summed E-state index contributed by atoms with van der Waals surface area (Å²) in [6.45, 7) is 4.21. The van der Waals surface area contributed by atoms with Crippen LogP contribution in [0, 0.1) is 0 Å². The Morgan fingerprint density at radius 3 is 2.70 bits per heavy atom. The number of carboxylic acids is 1. The molecule has 2 aromatic rings. The molecule has 0 aliphatic rings. The van der Waals surface area contributed by atoms with Crippen molar-refractivity contribution in [3.63, 3.8) is 0 Å². The summed E-state index contributed by atoms with van der Waals surface area (Å²) >= 11 is 1.15. The number of thiophene rings is 1. The van der Waals surface area contributed by atoms with Gasteiger partial charge in [-0.1, -0.05) is 13.8 Å². The van der Waals surface area contributed by atoms with E-state index in [1.807, 2.05) is 13.8 Å². The molecule has 2 N–H and O–H groups in total. The van der Waals surface area contributed by atoms with Crippen molar-refractivity contribution in [2.24, 2.45) is 0 Å². The van der Waals surface area contributed by atoms with E-state index < -0.39 is 5.97 Å². The summed E-state index contributed by atoms with van der Waals surface area (Å²) < 4.78 is 5.30. The fourth-order valence-corrected chi connectivity index (χ4v) is 2.59. The van der Waals surface area contributed by atoms with Crippen molar-refractivity contribution in [3.8, 4) is 0 Å². The molecule has 0 saturated carbocycles. The molecule has 0 spiro atoms. The molecule has 2 heterocycles. The van der Waals surface area contributed by atoms with E-state index in [1.54, 1.807) is 12.1 Å². The fraction of sp³-hybridized carbons (Fsp3) is 0.286. The Labute approximate surface area is 120 Å². The van der Waals surface area contributed by atoms with Crippen LogP contribution in [-0.4, -0.2) is 17.0 Å². The van der Waals surface area contributed by atoms with E-state index in [0.717, 1.165) is 16.2 Å². The molecule has 20 heavy (non-hydrogen) atoms. The third kappa shape index (κ3) is 3.08. The summed E-state index contributed by atoms with van der Waals surface area (Å²) in [5.74, 6) is -0.386. The second kappa shape index (κ2) is 5.92. The first-order valence-electron chi connectivity index (χ1n) is 6.16. The lowest BCUT2D eigenvalue weighted by atomic mass is 10.1. The molecular formula is C14H15NO4S. The highest BCUT2D eigenvalue weighted by Gasteiger charge is 2.17. The Morgan fingerprint density at radius 2 is 2.10 bits per heavy atom. The second-order valence-electron chi connectivity index (χ2n) is 4.61. The van der Waals surface area contributed by atoms with Gasteiger partial charge in [0.1, 0.15) is 10.6 Å². The number of amides is 1. The third-order valence-corrected chi connectivity index (χ3v) is 3.83. The van der Waals surface area contributed by atoms with Crippen LogP contribution in [0.4, 0.5) is 0 Å². The minimum atomic E-state index is -0.954. The third-order valence-electron chi connectivity index (χ3n) is 2.76. The van der Waals surface area contributed by atoms with Crippen LogP contribution in [0.1, 0.15) is 50.4 Å². The molecule has 0 radical (unpaired) electrons. The summed E-state index contributed by atoms with van der Waals surface area (Å²) in [6.07, 6.45) is 1.50. The quantitative estimate of drug-likeness (QED) is 0.887. The van der Waals surface area contributed by atoms with Gasteiger partial charge in [0.05, 0.1) is 18.4 Å². The molecule has 2 rings (SSSR count). The lowest BCUT2D eigenvalue weighted by Gasteiger charge is -2.06.